The summed E-state index contributed by atoms with van der Waals surface area (Å²) in [6, 6.07) is 14.9. The second-order valence-electron chi connectivity index (χ2n) is 6.57. The van der Waals surface area contributed by atoms with Gasteiger partial charge in [-0.15, -0.1) is 0 Å². The van der Waals surface area contributed by atoms with Gasteiger partial charge in [0.25, 0.3) is 17.5 Å². The molecule has 0 fully saturated rings. The molecule has 1 aromatic heterocycles. The number of aromatic amines is 1. The minimum absolute atomic E-state index is 0.151. The van der Waals surface area contributed by atoms with E-state index in [1.54, 1.807) is 18.3 Å². The molecular weight excluding hydrogens is 372 g/mol. The van der Waals surface area contributed by atoms with Gasteiger partial charge in [0.15, 0.2) is 0 Å². The zero-order chi connectivity index (χ0) is 20.1. The number of para-hydroxylation sites is 1. The molecule has 1 aliphatic heterocycles. The summed E-state index contributed by atoms with van der Waals surface area (Å²) < 4.78 is 0. The van der Waals surface area contributed by atoms with Gasteiger partial charge in [-0.25, -0.2) is 0 Å². The summed E-state index contributed by atoms with van der Waals surface area (Å²) in [4.78, 5) is 39.7. The molecular formula is C21H12N4O4. The molecule has 0 atom stereocenters. The Morgan fingerprint density at radius 1 is 0.931 bits per heavy atom. The highest BCUT2D eigenvalue weighted by Crippen LogP contribution is 2.35. The van der Waals surface area contributed by atoms with Gasteiger partial charge in [0.2, 0.25) is 0 Å². The Kier molecular flexibility index (Phi) is 3.53. The zero-order valence-corrected chi connectivity index (χ0v) is 14.8. The van der Waals surface area contributed by atoms with Gasteiger partial charge in [-0.1, -0.05) is 24.3 Å². The van der Waals surface area contributed by atoms with Crippen molar-refractivity contribution in [3.63, 3.8) is 0 Å². The molecule has 8 heteroatoms. The number of nitro groups is 1. The average Bonchev–Trinajstić information content (AvgIpc) is 3.14. The number of nitrogens with zero attached hydrogens (tertiary/aromatic N) is 3. The maximum absolute atomic E-state index is 12.9. The molecule has 8 nitrogen and oxygen atoms in total. The Bertz CT molecular complexity index is 1360. The van der Waals surface area contributed by atoms with Crippen LogP contribution in [0.25, 0.3) is 21.7 Å². The van der Waals surface area contributed by atoms with E-state index < -0.39 is 16.7 Å². The van der Waals surface area contributed by atoms with Gasteiger partial charge in [0.1, 0.15) is 0 Å². The van der Waals surface area contributed by atoms with Gasteiger partial charge in [0.05, 0.1) is 27.7 Å². The number of rotatable bonds is 3. The van der Waals surface area contributed by atoms with E-state index in [9.17, 15) is 19.7 Å². The van der Waals surface area contributed by atoms with Crippen LogP contribution in [0.15, 0.2) is 65.9 Å². The predicted octanol–water partition coefficient (Wildman–Crippen LogP) is 3.86. The van der Waals surface area contributed by atoms with Crippen molar-refractivity contribution in [1.29, 1.82) is 0 Å². The van der Waals surface area contributed by atoms with E-state index in [4.69, 9.17) is 0 Å². The highest BCUT2D eigenvalue weighted by Gasteiger charge is 2.34. The largest absolute Gasteiger partial charge is 0.361 e. The van der Waals surface area contributed by atoms with Crippen LogP contribution in [0.5, 0.6) is 0 Å². The van der Waals surface area contributed by atoms with E-state index in [0.29, 0.717) is 0 Å². The van der Waals surface area contributed by atoms with E-state index in [2.05, 4.69) is 10.1 Å². The lowest BCUT2D eigenvalue weighted by atomic mass is 9.94. The van der Waals surface area contributed by atoms with Crippen molar-refractivity contribution < 1.29 is 14.5 Å². The molecule has 2 heterocycles. The minimum atomic E-state index is -0.621. The van der Waals surface area contributed by atoms with Crippen LogP contribution in [0.4, 0.5) is 5.69 Å². The lowest BCUT2D eigenvalue weighted by Gasteiger charge is -2.22. The summed E-state index contributed by atoms with van der Waals surface area (Å²) >= 11 is 0. The number of amides is 2. The maximum atomic E-state index is 12.9. The SMILES string of the molecule is O=C1c2cccc3c([N+](=O)[O-])ccc(c23)C(=O)N1/N=C/c1c[nH]c2ccccc12. The molecule has 0 aliphatic carbocycles. The number of fused-ring (bicyclic) bond motifs is 1. The summed E-state index contributed by atoms with van der Waals surface area (Å²) in [7, 11) is 0. The molecule has 0 unspecified atom stereocenters. The van der Waals surface area contributed by atoms with Crippen LogP contribution in [0.1, 0.15) is 26.3 Å². The number of carbonyl (C=O) groups excluding carboxylic acids is 2. The lowest BCUT2D eigenvalue weighted by molar-refractivity contribution is -0.383. The van der Waals surface area contributed by atoms with Crippen molar-refractivity contribution in [2.75, 3.05) is 0 Å². The number of benzene rings is 3. The first-order valence-corrected chi connectivity index (χ1v) is 8.75. The van der Waals surface area contributed by atoms with Crippen molar-refractivity contribution in [3.8, 4) is 0 Å². The highest BCUT2D eigenvalue weighted by atomic mass is 16.6. The molecule has 140 valence electrons. The van der Waals surface area contributed by atoms with E-state index in [0.717, 1.165) is 21.5 Å². The smallest absolute Gasteiger partial charge is 0.282 e. The Morgan fingerprint density at radius 3 is 2.45 bits per heavy atom. The van der Waals surface area contributed by atoms with Gasteiger partial charge in [0, 0.05) is 34.1 Å². The zero-order valence-electron chi connectivity index (χ0n) is 14.8. The monoisotopic (exact) mass is 384 g/mol. The van der Waals surface area contributed by atoms with Gasteiger partial charge >= 0.3 is 0 Å². The number of aromatic nitrogens is 1. The van der Waals surface area contributed by atoms with Gasteiger partial charge in [-0.3, -0.25) is 19.7 Å². The molecule has 1 aliphatic rings. The Labute approximate surface area is 163 Å². The van der Waals surface area contributed by atoms with E-state index in [1.165, 1.54) is 24.4 Å². The maximum Gasteiger partial charge on any atom is 0.282 e. The number of carbonyl (C=O) groups is 2. The summed E-state index contributed by atoms with van der Waals surface area (Å²) in [5, 5.41) is 17.7. The third-order valence-electron chi connectivity index (χ3n) is 4.99. The third kappa shape index (κ3) is 2.43. The number of nitro benzene ring substituents is 1. The molecule has 5 rings (SSSR count). The van der Waals surface area contributed by atoms with Gasteiger partial charge in [-0.05, 0) is 24.3 Å². The molecule has 0 radical (unpaired) electrons. The van der Waals surface area contributed by atoms with Crippen LogP contribution < -0.4 is 0 Å². The molecule has 4 aromatic rings. The third-order valence-corrected chi connectivity index (χ3v) is 4.99. The summed E-state index contributed by atoms with van der Waals surface area (Å²) in [5.41, 5.74) is 1.90. The fraction of sp³-hybridized carbons (Fsp3) is 0. The normalized spacial score (nSPS) is 13.7. The number of hydrogen-bond acceptors (Lipinski definition) is 5. The first-order chi connectivity index (χ1) is 14.1. The molecule has 2 amide bonds. The van der Waals surface area contributed by atoms with Crippen molar-refractivity contribution in [3.05, 3.63) is 87.6 Å². The highest BCUT2D eigenvalue weighted by molar-refractivity contribution is 6.26. The fourth-order valence-corrected chi connectivity index (χ4v) is 3.65. The van der Waals surface area contributed by atoms with Crippen molar-refractivity contribution >= 4 is 45.4 Å². The Hall–Kier alpha value is -4.33. The summed E-state index contributed by atoms with van der Waals surface area (Å²) in [6.45, 7) is 0. The first kappa shape index (κ1) is 16.8. The second kappa shape index (κ2) is 6.10. The predicted molar refractivity (Wildman–Crippen MR) is 107 cm³/mol. The molecule has 29 heavy (non-hydrogen) atoms. The number of imide groups is 1. The lowest BCUT2D eigenvalue weighted by Crippen LogP contribution is -2.36. The van der Waals surface area contributed by atoms with Gasteiger partial charge in [-0.2, -0.15) is 10.1 Å². The van der Waals surface area contributed by atoms with Crippen LogP contribution >= 0.6 is 0 Å². The molecule has 0 saturated carbocycles. The number of nitrogens with one attached hydrogen (secondary N) is 1. The average molecular weight is 384 g/mol. The van der Waals surface area contributed by atoms with Crippen molar-refractivity contribution in [2.45, 2.75) is 0 Å². The molecule has 0 saturated heterocycles. The number of hydrogen-bond donors (Lipinski definition) is 1. The van der Waals surface area contributed by atoms with E-state index in [1.807, 2.05) is 24.3 Å². The Balaban J connectivity index is 1.62. The first-order valence-electron chi connectivity index (χ1n) is 8.75. The number of hydrazone groups is 1. The van der Waals surface area contributed by atoms with Crippen molar-refractivity contribution in [2.24, 2.45) is 5.10 Å². The van der Waals surface area contributed by atoms with Crippen LogP contribution in [0.2, 0.25) is 0 Å². The summed E-state index contributed by atoms with van der Waals surface area (Å²) in [6.07, 6.45) is 3.19. The molecule has 0 bridgehead atoms. The number of H-pyrrole nitrogens is 1. The topological polar surface area (TPSA) is 109 Å². The van der Waals surface area contributed by atoms with E-state index in [-0.39, 0.29) is 27.6 Å². The van der Waals surface area contributed by atoms with Crippen LogP contribution in [0.3, 0.4) is 0 Å². The molecule has 3 aromatic carbocycles. The van der Waals surface area contributed by atoms with Crippen LogP contribution in [0, 0.1) is 10.1 Å². The quantitative estimate of drug-likeness (QED) is 0.250. The molecule has 1 N–H and O–H groups in total. The number of non-ortho nitro benzene ring substituents is 1. The minimum Gasteiger partial charge on any atom is -0.361 e. The van der Waals surface area contributed by atoms with Crippen LogP contribution in [-0.4, -0.2) is 32.9 Å². The fourth-order valence-electron chi connectivity index (χ4n) is 3.65. The van der Waals surface area contributed by atoms with Gasteiger partial charge < -0.3 is 4.98 Å². The van der Waals surface area contributed by atoms with Crippen molar-refractivity contribution in [1.82, 2.24) is 9.99 Å². The summed E-state index contributed by atoms with van der Waals surface area (Å²) in [5.74, 6) is -1.24. The van der Waals surface area contributed by atoms with Crippen LogP contribution in [-0.2, 0) is 0 Å². The standard InChI is InChI=1S/C21H12N4O4/c26-20-15-6-3-5-14-18(25(28)29)9-8-16(19(14)15)21(27)24(20)23-11-12-10-22-17-7-2-1-4-13(12)17/h1-11,22H/b23-11+. The Morgan fingerprint density at radius 2 is 1.66 bits per heavy atom. The second-order valence-corrected chi connectivity index (χ2v) is 6.57. The van der Waals surface area contributed by atoms with E-state index >= 15 is 0 Å². The molecule has 0 spiro atoms.